The van der Waals surface area contributed by atoms with Crippen LogP contribution in [-0.4, -0.2) is 36.3 Å². The van der Waals surface area contributed by atoms with Crippen molar-refractivity contribution in [2.24, 2.45) is 0 Å². The second kappa shape index (κ2) is 9.03. The normalized spacial score (nSPS) is 16.1. The fourth-order valence-corrected chi connectivity index (χ4v) is 5.30. The number of halogens is 2. The molecule has 3 aromatic rings. The van der Waals surface area contributed by atoms with Crippen molar-refractivity contribution in [2.75, 3.05) is 25.0 Å². The summed E-state index contributed by atoms with van der Waals surface area (Å²) in [4.78, 5) is 29.2. The summed E-state index contributed by atoms with van der Waals surface area (Å²) in [5, 5.41) is 9.15. The van der Waals surface area contributed by atoms with Crippen LogP contribution in [0.4, 0.5) is 14.5 Å². The first-order chi connectivity index (χ1) is 14.5. The van der Waals surface area contributed by atoms with Crippen LogP contribution in [0.1, 0.15) is 21.4 Å². The summed E-state index contributed by atoms with van der Waals surface area (Å²) in [6, 6.07) is 9.31. The van der Waals surface area contributed by atoms with Gasteiger partial charge in [-0.05, 0) is 47.0 Å². The molecule has 1 aliphatic heterocycles. The third-order valence-corrected chi connectivity index (χ3v) is 6.80. The molecule has 156 valence electrons. The molecule has 1 atom stereocenters. The maximum absolute atomic E-state index is 13.2. The third kappa shape index (κ3) is 4.58. The lowest BCUT2D eigenvalue weighted by atomic mass is 9.98. The number of carbonyl (C=O) groups is 2. The average molecular weight is 448 g/mol. The lowest BCUT2D eigenvalue weighted by Gasteiger charge is -2.34. The molecule has 4 rings (SSSR count). The van der Waals surface area contributed by atoms with Crippen LogP contribution in [0.2, 0.25) is 0 Å². The Kier molecular flexibility index (Phi) is 6.21. The number of thiophene rings is 2. The van der Waals surface area contributed by atoms with Gasteiger partial charge in [-0.15, -0.1) is 22.7 Å². The SMILES string of the molecule is O=C(CN1CCc2sccc2C1c1cccs1)NCC(=O)Nc1ccc(F)c(F)c1. The molecule has 1 unspecified atom stereocenters. The van der Waals surface area contributed by atoms with Gasteiger partial charge >= 0.3 is 0 Å². The molecule has 9 heteroatoms. The zero-order valence-electron chi connectivity index (χ0n) is 15.9. The van der Waals surface area contributed by atoms with Crippen molar-refractivity contribution in [3.63, 3.8) is 0 Å². The Morgan fingerprint density at radius 3 is 2.70 bits per heavy atom. The number of benzene rings is 1. The van der Waals surface area contributed by atoms with Gasteiger partial charge < -0.3 is 10.6 Å². The Balaban J connectivity index is 1.35. The molecule has 1 aromatic carbocycles. The predicted octanol–water partition coefficient (Wildman–Crippen LogP) is 3.79. The van der Waals surface area contributed by atoms with Gasteiger partial charge in [-0.3, -0.25) is 14.5 Å². The molecule has 0 saturated heterocycles. The fourth-order valence-electron chi connectivity index (χ4n) is 3.52. The molecular weight excluding hydrogens is 428 g/mol. The zero-order valence-corrected chi connectivity index (χ0v) is 17.5. The molecule has 5 nitrogen and oxygen atoms in total. The first-order valence-electron chi connectivity index (χ1n) is 9.36. The Morgan fingerprint density at radius 1 is 1.07 bits per heavy atom. The molecule has 2 N–H and O–H groups in total. The molecule has 2 aromatic heterocycles. The molecule has 0 radical (unpaired) electrons. The molecule has 3 heterocycles. The predicted molar refractivity (Wildman–Crippen MR) is 114 cm³/mol. The molecule has 0 aliphatic carbocycles. The molecule has 0 saturated carbocycles. The standard InChI is InChI=1S/C21H19F2N3O2S2/c22-15-4-3-13(10-16(15)23)25-19(27)11-24-20(28)12-26-7-5-17-14(6-9-30-17)21(26)18-2-1-8-29-18/h1-4,6,8-10,21H,5,7,11-12H2,(H,24,28)(H,25,27). The molecule has 30 heavy (non-hydrogen) atoms. The quantitative estimate of drug-likeness (QED) is 0.605. The second-order valence-electron chi connectivity index (χ2n) is 6.89. The first-order valence-corrected chi connectivity index (χ1v) is 11.1. The average Bonchev–Trinajstić information content (AvgIpc) is 3.41. The van der Waals surface area contributed by atoms with Crippen LogP contribution >= 0.6 is 22.7 Å². The summed E-state index contributed by atoms with van der Waals surface area (Å²) in [6.07, 6.45) is 0.888. The van der Waals surface area contributed by atoms with Gasteiger partial charge in [-0.1, -0.05) is 6.07 Å². The van der Waals surface area contributed by atoms with Gasteiger partial charge in [0.25, 0.3) is 0 Å². The maximum Gasteiger partial charge on any atom is 0.243 e. The van der Waals surface area contributed by atoms with Gasteiger partial charge in [-0.2, -0.15) is 0 Å². The van der Waals surface area contributed by atoms with Crippen molar-refractivity contribution in [1.82, 2.24) is 10.2 Å². The second-order valence-corrected chi connectivity index (χ2v) is 8.87. The van der Waals surface area contributed by atoms with Crippen LogP contribution in [0.15, 0.2) is 47.2 Å². The highest BCUT2D eigenvalue weighted by molar-refractivity contribution is 7.10. The summed E-state index contributed by atoms with van der Waals surface area (Å²) >= 11 is 3.40. The molecule has 0 bridgehead atoms. The number of hydrogen-bond acceptors (Lipinski definition) is 5. The highest BCUT2D eigenvalue weighted by atomic mass is 32.1. The van der Waals surface area contributed by atoms with Crippen molar-refractivity contribution in [1.29, 1.82) is 0 Å². The topological polar surface area (TPSA) is 61.4 Å². The maximum atomic E-state index is 13.2. The number of amides is 2. The zero-order chi connectivity index (χ0) is 21.1. The lowest BCUT2D eigenvalue weighted by molar-refractivity contribution is -0.125. The number of anilines is 1. The molecule has 1 aliphatic rings. The van der Waals surface area contributed by atoms with Crippen LogP contribution < -0.4 is 10.6 Å². The van der Waals surface area contributed by atoms with E-state index in [1.165, 1.54) is 21.4 Å². The number of hydrogen-bond donors (Lipinski definition) is 2. The number of carbonyl (C=O) groups excluding carboxylic acids is 2. The van der Waals surface area contributed by atoms with Crippen molar-refractivity contribution < 1.29 is 18.4 Å². The van der Waals surface area contributed by atoms with Crippen LogP contribution in [0, 0.1) is 11.6 Å². The Morgan fingerprint density at radius 2 is 1.93 bits per heavy atom. The van der Waals surface area contributed by atoms with E-state index in [9.17, 15) is 18.4 Å². The van der Waals surface area contributed by atoms with E-state index in [1.54, 1.807) is 22.7 Å². The summed E-state index contributed by atoms with van der Waals surface area (Å²) in [7, 11) is 0. The minimum Gasteiger partial charge on any atom is -0.346 e. The summed E-state index contributed by atoms with van der Waals surface area (Å²) < 4.78 is 26.2. The minimum absolute atomic E-state index is 0.0294. The Hall–Kier alpha value is -2.62. The van der Waals surface area contributed by atoms with E-state index in [4.69, 9.17) is 0 Å². The first kappa shape index (κ1) is 20.6. The number of fused-ring (bicyclic) bond motifs is 1. The molecule has 0 fully saturated rings. The largest absolute Gasteiger partial charge is 0.346 e. The van der Waals surface area contributed by atoms with Crippen molar-refractivity contribution in [2.45, 2.75) is 12.5 Å². The van der Waals surface area contributed by atoms with Gasteiger partial charge in [0.2, 0.25) is 11.8 Å². The monoisotopic (exact) mass is 447 g/mol. The van der Waals surface area contributed by atoms with Crippen molar-refractivity contribution in [3.05, 3.63) is 74.1 Å². The number of nitrogens with one attached hydrogen (secondary N) is 2. The van der Waals surface area contributed by atoms with Crippen LogP contribution in [0.3, 0.4) is 0 Å². The number of nitrogens with zero attached hydrogens (tertiary/aromatic N) is 1. The Bertz CT molecular complexity index is 1050. The van der Waals surface area contributed by atoms with Crippen molar-refractivity contribution in [3.8, 4) is 0 Å². The van der Waals surface area contributed by atoms with Crippen LogP contribution in [0.5, 0.6) is 0 Å². The van der Waals surface area contributed by atoms with E-state index in [-0.39, 0.29) is 30.7 Å². The Labute approximate surface area is 180 Å². The van der Waals surface area contributed by atoms with Crippen molar-refractivity contribution >= 4 is 40.2 Å². The molecular formula is C21H19F2N3O2S2. The van der Waals surface area contributed by atoms with Crippen LogP contribution in [-0.2, 0) is 16.0 Å². The smallest absolute Gasteiger partial charge is 0.243 e. The molecule has 2 amide bonds. The van der Waals surface area contributed by atoms with E-state index in [2.05, 4.69) is 33.0 Å². The summed E-state index contributed by atoms with van der Waals surface area (Å²) in [5.41, 5.74) is 1.37. The van der Waals surface area contributed by atoms with Gasteiger partial charge in [-0.25, -0.2) is 8.78 Å². The lowest BCUT2D eigenvalue weighted by Crippen LogP contribution is -2.44. The van der Waals surface area contributed by atoms with E-state index >= 15 is 0 Å². The van der Waals surface area contributed by atoms with Gasteiger partial charge in [0, 0.05) is 28.1 Å². The fraction of sp³-hybridized carbons (Fsp3) is 0.238. The van der Waals surface area contributed by atoms with Crippen LogP contribution in [0.25, 0.3) is 0 Å². The highest BCUT2D eigenvalue weighted by Crippen LogP contribution is 2.39. The summed E-state index contributed by atoms with van der Waals surface area (Å²) in [5.74, 6) is -2.81. The summed E-state index contributed by atoms with van der Waals surface area (Å²) in [6.45, 7) is 0.667. The van der Waals surface area contributed by atoms with E-state index in [0.717, 1.165) is 25.1 Å². The van der Waals surface area contributed by atoms with Gasteiger partial charge in [0.05, 0.1) is 19.1 Å². The van der Waals surface area contributed by atoms with E-state index in [0.29, 0.717) is 0 Å². The van der Waals surface area contributed by atoms with Gasteiger partial charge in [0.15, 0.2) is 11.6 Å². The van der Waals surface area contributed by atoms with E-state index in [1.807, 2.05) is 11.4 Å². The number of rotatable bonds is 6. The minimum atomic E-state index is -1.05. The molecule has 0 spiro atoms. The van der Waals surface area contributed by atoms with Gasteiger partial charge in [0.1, 0.15) is 0 Å². The van der Waals surface area contributed by atoms with E-state index < -0.39 is 17.5 Å². The highest BCUT2D eigenvalue weighted by Gasteiger charge is 2.31. The third-order valence-electron chi connectivity index (χ3n) is 4.87.